The molecule has 6 rings (SSSR count). The van der Waals surface area contributed by atoms with E-state index in [0.29, 0.717) is 18.7 Å². The van der Waals surface area contributed by atoms with Gasteiger partial charge >= 0.3 is 0 Å². The Morgan fingerprint density at radius 2 is 2.08 bits per heavy atom. The van der Waals surface area contributed by atoms with Crippen molar-refractivity contribution in [3.8, 4) is 21.8 Å². The summed E-state index contributed by atoms with van der Waals surface area (Å²) in [6, 6.07) is 14.9. The van der Waals surface area contributed by atoms with E-state index in [2.05, 4.69) is 76.1 Å². The average Bonchev–Trinajstić information content (AvgIpc) is 3.71. The van der Waals surface area contributed by atoms with Crippen molar-refractivity contribution in [3.05, 3.63) is 89.5 Å². The largest absolute Gasteiger partial charge is 0.353 e. The lowest BCUT2D eigenvalue weighted by Crippen LogP contribution is -2.26. The molecule has 1 aromatic carbocycles. The Labute approximate surface area is 229 Å². The Hall–Kier alpha value is -3.88. The van der Waals surface area contributed by atoms with Gasteiger partial charge < -0.3 is 4.98 Å². The summed E-state index contributed by atoms with van der Waals surface area (Å²) in [5.41, 5.74) is 7.45. The maximum atomic E-state index is 13.7. The first-order valence-corrected chi connectivity index (χ1v) is 13.8. The third kappa shape index (κ3) is 4.97. The summed E-state index contributed by atoms with van der Waals surface area (Å²) >= 11 is 1.79. The van der Waals surface area contributed by atoms with Crippen LogP contribution in [0.25, 0.3) is 49.3 Å². The SMILES string of the molecule is C=C/C(=C\C(=C/C)c1cnc2n[nH]c(-c3cc4c(-c5ccc(C)s5)cccc4[nH]3)c2c1)CN1CCC(F)(F)C1. The molecule has 1 aliphatic heterocycles. The number of benzene rings is 1. The maximum Gasteiger partial charge on any atom is 0.261 e. The zero-order chi connectivity index (χ0) is 27.1. The van der Waals surface area contributed by atoms with E-state index >= 15 is 0 Å². The standard InChI is InChI=1S/C31H29F2N5S/c1-4-20(17-38-12-11-31(32,33)18-38)13-21(5-2)22-14-25-29(36-37-30(25)34-16-22)27-15-24-23(7-6-8-26(24)35-27)28-10-9-19(3)39-28/h4-10,13-16,35H,1,11-12,17-18H2,2-3H3,(H,34,36,37)/b20-13+,21-5+. The molecule has 8 heteroatoms. The molecular formula is C31H29F2N5S. The van der Waals surface area contributed by atoms with Crippen molar-refractivity contribution >= 4 is 38.8 Å². The summed E-state index contributed by atoms with van der Waals surface area (Å²) in [7, 11) is 0. The summed E-state index contributed by atoms with van der Waals surface area (Å²) in [5, 5.41) is 9.68. The first kappa shape index (κ1) is 25.4. The van der Waals surface area contributed by atoms with E-state index in [4.69, 9.17) is 0 Å². The minimum atomic E-state index is -2.62. The molecule has 1 fully saturated rings. The van der Waals surface area contributed by atoms with Gasteiger partial charge in [-0.2, -0.15) is 5.10 Å². The fraction of sp³-hybridized carbons (Fsp3) is 0.226. The Kier molecular flexibility index (Phi) is 6.53. The van der Waals surface area contributed by atoms with Crippen LogP contribution in [0.15, 0.2) is 79.0 Å². The van der Waals surface area contributed by atoms with Gasteiger partial charge in [0.15, 0.2) is 5.65 Å². The molecule has 0 radical (unpaired) electrons. The van der Waals surface area contributed by atoms with Crippen LogP contribution in [0, 0.1) is 6.92 Å². The molecule has 0 saturated carbocycles. The van der Waals surface area contributed by atoms with Crippen LogP contribution in [0.2, 0.25) is 0 Å². The van der Waals surface area contributed by atoms with Crippen LogP contribution in [-0.4, -0.2) is 50.6 Å². The number of fused-ring (bicyclic) bond motifs is 2. The third-order valence-corrected chi connectivity index (χ3v) is 8.29. The zero-order valence-electron chi connectivity index (χ0n) is 21.9. The smallest absolute Gasteiger partial charge is 0.261 e. The van der Waals surface area contributed by atoms with Gasteiger partial charge in [0.05, 0.1) is 17.9 Å². The van der Waals surface area contributed by atoms with Crippen LogP contribution in [0.5, 0.6) is 0 Å². The monoisotopic (exact) mass is 541 g/mol. The highest BCUT2D eigenvalue weighted by Crippen LogP contribution is 2.37. The Morgan fingerprint density at radius 1 is 1.21 bits per heavy atom. The summed E-state index contributed by atoms with van der Waals surface area (Å²) in [6.07, 6.45) is 7.45. The molecule has 0 spiro atoms. The van der Waals surface area contributed by atoms with Crippen molar-refractivity contribution in [2.45, 2.75) is 26.2 Å². The number of H-pyrrole nitrogens is 2. The average molecular weight is 542 g/mol. The second kappa shape index (κ2) is 10.0. The van der Waals surface area contributed by atoms with Crippen LogP contribution in [0.4, 0.5) is 8.78 Å². The highest BCUT2D eigenvalue weighted by Gasteiger charge is 2.37. The number of hydrogen-bond donors (Lipinski definition) is 2. The summed E-state index contributed by atoms with van der Waals surface area (Å²) in [5.74, 6) is -2.62. The van der Waals surface area contributed by atoms with Gasteiger partial charge in [-0.05, 0) is 55.3 Å². The van der Waals surface area contributed by atoms with Gasteiger partial charge in [0.1, 0.15) is 0 Å². The summed E-state index contributed by atoms with van der Waals surface area (Å²) in [6.45, 7) is 8.61. The molecule has 5 heterocycles. The Balaban J connectivity index is 1.35. The predicted octanol–water partition coefficient (Wildman–Crippen LogP) is 8.00. The highest BCUT2D eigenvalue weighted by molar-refractivity contribution is 7.15. The number of aromatic amines is 2. The number of likely N-dealkylation sites (tertiary alicyclic amines) is 1. The van der Waals surface area contributed by atoms with Gasteiger partial charge in [0.25, 0.3) is 5.92 Å². The number of hydrogen-bond acceptors (Lipinski definition) is 4. The first-order valence-electron chi connectivity index (χ1n) is 13.0. The van der Waals surface area contributed by atoms with E-state index < -0.39 is 5.92 Å². The van der Waals surface area contributed by atoms with Crippen molar-refractivity contribution in [2.24, 2.45) is 0 Å². The fourth-order valence-electron chi connectivity index (χ4n) is 5.25. The number of halogens is 2. The van der Waals surface area contributed by atoms with E-state index in [1.807, 2.05) is 19.1 Å². The molecule has 5 nitrogen and oxygen atoms in total. The molecule has 1 aliphatic rings. The first-order chi connectivity index (χ1) is 18.8. The molecule has 0 aliphatic carbocycles. The van der Waals surface area contributed by atoms with Crippen molar-refractivity contribution in [1.82, 2.24) is 25.1 Å². The molecule has 0 atom stereocenters. The van der Waals surface area contributed by atoms with Crippen molar-refractivity contribution in [1.29, 1.82) is 0 Å². The maximum absolute atomic E-state index is 13.7. The fourth-order valence-corrected chi connectivity index (χ4v) is 6.16. The van der Waals surface area contributed by atoms with Crippen LogP contribution in [0.1, 0.15) is 23.8 Å². The van der Waals surface area contributed by atoms with Crippen molar-refractivity contribution in [2.75, 3.05) is 19.6 Å². The lowest BCUT2D eigenvalue weighted by molar-refractivity contribution is 0.0131. The number of alkyl halides is 2. The zero-order valence-corrected chi connectivity index (χ0v) is 22.7. The predicted molar refractivity (Wildman–Crippen MR) is 157 cm³/mol. The number of aryl methyl sites for hydroxylation is 1. The molecule has 0 unspecified atom stereocenters. The number of allylic oxidation sites excluding steroid dienone is 3. The van der Waals surface area contributed by atoms with E-state index in [1.165, 1.54) is 15.3 Å². The van der Waals surface area contributed by atoms with Gasteiger partial charge in [-0.15, -0.1) is 11.3 Å². The number of rotatable bonds is 7. The van der Waals surface area contributed by atoms with Crippen molar-refractivity contribution < 1.29 is 8.78 Å². The summed E-state index contributed by atoms with van der Waals surface area (Å²) in [4.78, 5) is 12.5. The van der Waals surface area contributed by atoms with Crippen LogP contribution < -0.4 is 0 Å². The van der Waals surface area contributed by atoms with Gasteiger partial charge in [0.2, 0.25) is 0 Å². The van der Waals surface area contributed by atoms with E-state index in [9.17, 15) is 8.78 Å². The number of aromatic nitrogens is 4. The van der Waals surface area contributed by atoms with Crippen molar-refractivity contribution in [3.63, 3.8) is 0 Å². The Bertz CT molecular complexity index is 1750. The second-order valence-corrected chi connectivity index (χ2v) is 11.3. The number of thiophene rings is 1. The molecule has 0 amide bonds. The highest BCUT2D eigenvalue weighted by atomic mass is 32.1. The van der Waals surface area contributed by atoms with E-state index in [0.717, 1.165) is 44.4 Å². The number of nitrogens with one attached hydrogen (secondary N) is 2. The quantitative estimate of drug-likeness (QED) is 0.205. The molecule has 0 bridgehead atoms. The number of pyridine rings is 1. The molecule has 1 saturated heterocycles. The minimum absolute atomic E-state index is 0.0973. The van der Waals surface area contributed by atoms with E-state index in [-0.39, 0.29) is 13.0 Å². The molecule has 39 heavy (non-hydrogen) atoms. The van der Waals surface area contributed by atoms with Gasteiger partial charge in [-0.3, -0.25) is 10.00 Å². The van der Waals surface area contributed by atoms with E-state index in [1.54, 1.807) is 28.5 Å². The molecule has 4 aromatic heterocycles. The van der Waals surface area contributed by atoms with Gasteiger partial charge in [-0.1, -0.05) is 36.9 Å². The third-order valence-electron chi connectivity index (χ3n) is 7.25. The van der Waals surface area contributed by atoms with Crippen LogP contribution in [-0.2, 0) is 0 Å². The molecule has 2 N–H and O–H groups in total. The lowest BCUT2D eigenvalue weighted by Gasteiger charge is -2.16. The van der Waals surface area contributed by atoms with Crippen LogP contribution in [0.3, 0.4) is 0 Å². The van der Waals surface area contributed by atoms with Gasteiger partial charge in [-0.25, -0.2) is 13.8 Å². The van der Waals surface area contributed by atoms with Gasteiger partial charge in [0, 0.05) is 62.9 Å². The summed E-state index contributed by atoms with van der Waals surface area (Å²) < 4.78 is 27.4. The molecule has 198 valence electrons. The minimum Gasteiger partial charge on any atom is -0.353 e. The second-order valence-electron chi connectivity index (χ2n) is 10.0. The molecular weight excluding hydrogens is 512 g/mol. The van der Waals surface area contributed by atoms with Crippen LogP contribution >= 0.6 is 11.3 Å². The topological polar surface area (TPSA) is 60.6 Å². The number of nitrogens with zero attached hydrogens (tertiary/aromatic N) is 3. The molecule has 5 aromatic rings. The normalized spacial score (nSPS) is 16.5. The Morgan fingerprint density at radius 3 is 2.79 bits per heavy atom. The lowest BCUT2D eigenvalue weighted by atomic mass is 10.0.